The molecule has 0 fully saturated rings. The van der Waals surface area contributed by atoms with E-state index < -0.39 is 5.38 Å². The van der Waals surface area contributed by atoms with Crippen LogP contribution >= 0.6 is 34.2 Å². The third-order valence-electron chi connectivity index (χ3n) is 1.35. The first kappa shape index (κ1) is 10.6. The normalized spacial score (nSPS) is 11.8. The van der Waals surface area contributed by atoms with Crippen LogP contribution in [-0.4, -0.2) is 12.0 Å². The zero-order chi connectivity index (χ0) is 9.68. The molecule has 0 aliphatic heterocycles. The van der Waals surface area contributed by atoms with Gasteiger partial charge < -0.3 is 4.74 Å². The average Bonchev–Trinajstić information content (AvgIpc) is 2.16. The van der Waals surface area contributed by atoms with E-state index in [0.717, 1.165) is 9.32 Å². The second-order valence-electron chi connectivity index (χ2n) is 2.36. The van der Waals surface area contributed by atoms with E-state index in [9.17, 15) is 0 Å². The molecular formula is C9H7ClINO. The number of halogens is 2. The van der Waals surface area contributed by atoms with Crippen molar-refractivity contribution in [3.05, 3.63) is 27.8 Å². The molecule has 1 atom stereocenters. The number of nitrogens with zero attached hydrogens (tertiary/aromatic N) is 1. The molecule has 1 unspecified atom stereocenters. The Morgan fingerprint density at radius 2 is 2.08 bits per heavy atom. The number of alkyl halides is 1. The maximum absolute atomic E-state index is 8.39. The zero-order valence-corrected chi connectivity index (χ0v) is 9.62. The number of nitriles is 1. The molecule has 1 rings (SSSR count). The number of hydrogen-bond donors (Lipinski definition) is 0. The van der Waals surface area contributed by atoms with Crippen LogP contribution in [0.5, 0.6) is 5.75 Å². The van der Waals surface area contributed by atoms with Gasteiger partial charge in [-0.2, -0.15) is 5.26 Å². The quantitative estimate of drug-likeness (QED) is 0.635. The molecule has 0 aliphatic carbocycles. The molecule has 0 aromatic heterocycles. The van der Waals surface area contributed by atoms with Gasteiger partial charge in [0.05, 0.1) is 6.07 Å². The summed E-state index contributed by atoms with van der Waals surface area (Å²) >= 11 is 7.77. The number of benzene rings is 1. The summed E-state index contributed by atoms with van der Waals surface area (Å²) in [7, 11) is 0. The van der Waals surface area contributed by atoms with Crippen molar-refractivity contribution < 1.29 is 4.74 Å². The molecule has 0 amide bonds. The Hall–Kier alpha value is -0.470. The molecule has 0 saturated heterocycles. The molecular weight excluding hydrogens is 300 g/mol. The molecule has 13 heavy (non-hydrogen) atoms. The first-order valence-corrected chi connectivity index (χ1v) is 5.16. The molecule has 2 nitrogen and oxygen atoms in total. The lowest BCUT2D eigenvalue weighted by atomic mass is 10.3. The molecule has 0 radical (unpaired) electrons. The lowest BCUT2D eigenvalue weighted by Gasteiger charge is -2.05. The molecule has 4 heteroatoms. The maximum atomic E-state index is 8.39. The fourth-order valence-electron chi connectivity index (χ4n) is 0.737. The molecule has 0 heterocycles. The summed E-state index contributed by atoms with van der Waals surface area (Å²) in [6, 6.07) is 9.46. The summed E-state index contributed by atoms with van der Waals surface area (Å²) in [4.78, 5) is 0. The van der Waals surface area contributed by atoms with E-state index in [4.69, 9.17) is 21.6 Å². The Balaban J connectivity index is 2.47. The fourth-order valence-corrected chi connectivity index (χ4v) is 1.16. The second kappa shape index (κ2) is 5.30. The van der Waals surface area contributed by atoms with E-state index in [-0.39, 0.29) is 6.61 Å². The topological polar surface area (TPSA) is 33.0 Å². The standard InChI is InChI=1S/C9H7ClINO/c10-7(5-12)6-13-9-3-1-8(11)2-4-9/h1-4,7H,6H2. The molecule has 0 spiro atoms. The van der Waals surface area contributed by atoms with Crippen molar-refractivity contribution in [2.45, 2.75) is 5.38 Å². The largest absolute Gasteiger partial charge is 0.491 e. The van der Waals surface area contributed by atoms with Crippen molar-refractivity contribution in [2.75, 3.05) is 6.61 Å². The van der Waals surface area contributed by atoms with E-state index in [0.29, 0.717) is 0 Å². The van der Waals surface area contributed by atoms with Crippen LogP contribution in [-0.2, 0) is 0 Å². The minimum absolute atomic E-state index is 0.221. The van der Waals surface area contributed by atoms with Gasteiger partial charge in [-0.3, -0.25) is 0 Å². The average molecular weight is 308 g/mol. The molecule has 0 aliphatic rings. The van der Waals surface area contributed by atoms with Gasteiger partial charge in [-0.1, -0.05) is 0 Å². The van der Waals surface area contributed by atoms with Crippen molar-refractivity contribution in [2.24, 2.45) is 0 Å². The van der Waals surface area contributed by atoms with Gasteiger partial charge in [0, 0.05) is 3.57 Å². The van der Waals surface area contributed by atoms with Crippen LogP contribution in [0.25, 0.3) is 0 Å². The van der Waals surface area contributed by atoms with Gasteiger partial charge >= 0.3 is 0 Å². The molecule has 68 valence electrons. The van der Waals surface area contributed by atoms with Crippen LogP contribution in [0.2, 0.25) is 0 Å². The molecule has 0 bridgehead atoms. The predicted molar refractivity (Wildman–Crippen MR) is 59.9 cm³/mol. The maximum Gasteiger partial charge on any atom is 0.154 e. The Bertz CT molecular complexity index is 306. The van der Waals surface area contributed by atoms with E-state index in [1.807, 2.05) is 30.3 Å². The Morgan fingerprint density at radius 1 is 1.46 bits per heavy atom. The van der Waals surface area contributed by atoms with Crippen molar-refractivity contribution in [3.63, 3.8) is 0 Å². The van der Waals surface area contributed by atoms with Crippen LogP contribution in [0.1, 0.15) is 0 Å². The first-order valence-electron chi connectivity index (χ1n) is 3.64. The van der Waals surface area contributed by atoms with Crippen LogP contribution in [0.4, 0.5) is 0 Å². The lowest BCUT2D eigenvalue weighted by molar-refractivity contribution is 0.329. The third kappa shape index (κ3) is 3.83. The van der Waals surface area contributed by atoms with Crippen molar-refractivity contribution >= 4 is 34.2 Å². The minimum atomic E-state index is -0.584. The first-order chi connectivity index (χ1) is 6.22. The third-order valence-corrected chi connectivity index (χ3v) is 2.29. The number of rotatable bonds is 3. The zero-order valence-electron chi connectivity index (χ0n) is 6.71. The highest BCUT2D eigenvalue weighted by Gasteiger charge is 2.02. The summed E-state index contributed by atoms with van der Waals surface area (Å²) in [6.07, 6.45) is 0. The summed E-state index contributed by atoms with van der Waals surface area (Å²) < 4.78 is 6.40. The van der Waals surface area contributed by atoms with Crippen LogP contribution in [0.15, 0.2) is 24.3 Å². The summed E-state index contributed by atoms with van der Waals surface area (Å²) in [5.41, 5.74) is 0. The smallest absolute Gasteiger partial charge is 0.154 e. The second-order valence-corrected chi connectivity index (χ2v) is 4.13. The molecule has 1 aromatic carbocycles. The lowest BCUT2D eigenvalue weighted by Crippen LogP contribution is -2.08. The molecule has 0 saturated carbocycles. The van der Waals surface area contributed by atoms with E-state index >= 15 is 0 Å². The van der Waals surface area contributed by atoms with Crippen LogP contribution in [0.3, 0.4) is 0 Å². The number of hydrogen-bond acceptors (Lipinski definition) is 2. The Labute approximate surface area is 95.6 Å². The van der Waals surface area contributed by atoms with Gasteiger partial charge in [0.2, 0.25) is 0 Å². The highest BCUT2D eigenvalue weighted by atomic mass is 127. The van der Waals surface area contributed by atoms with Gasteiger partial charge in [0.25, 0.3) is 0 Å². The van der Waals surface area contributed by atoms with Gasteiger partial charge in [0.15, 0.2) is 5.38 Å². The highest BCUT2D eigenvalue weighted by Crippen LogP contribution is 2.13. The van der Waals surface area contributed by atoms with E-state index in [1.54, 1.807) is 0 Å². The summed E-state index contributed by atoms with van der Waals surface area (Å²) in [5.74, 6) is 0.737. The van der Waals surface area contributed by atoms with Crippen LogP contribution in [0, 0.1) is 14.9 Å². The van der Waals surface area contributed by atoms with Crippen molar-refractivity contribution in [1.29, 1.82) is 5.26 Å². The summed E-state index contributed by atoms with van der Waals surface area (Å²) in [5, 5.41) is 7.81. The Morgan fingerprint density at radius 3 is 2.62 bits per heavy atom. The minimum Gasteiger partial charge on any atom is -0.491 e. The van der Waals surface area contributed by atoms with Gasteiger partial charge in [0.1, 0.15) is 12.4 Å². The fraction of sp³-hybridized carbons (Fsp3) is 0.222. The van der Waals surface area contributed by atoms with Gasteiger partial charge in [-0.05, 0) is 46.9 Å². The van der Waals surface area contributed by atoms with Gasteiger partial charge in [-0.15, -0.1) is 11.6 Å². The Kier molecular flexibility index (Phi) is 4.33. The van der Waals surface area contributed by atoms with E-state index in [1.165, 1.54) is 0 Å². The number of ether oxygens (including phenoxy) is 1. The van der Waals surface area contributed by atoms with Crippen molar-refractivity contribution in [3.8, 4) is 11.8 Å². The highest BCUT2D eigenvalue weighted by molar-refractivity contribution is 14.1. The van der Waals surface area contributed by atoms with Crippen molar-refractivity contribution in [1.82, 2.24) is 0 Å². The molecule has 0 N–H and O–H groups in total. The summed E-state index contributed by atoms with van der Waals surface area (Å²) in [6.45, 7) is 0.221. The predicted octanol–water partition coefficient (Wildman–Crippen LogP) is 2.80. The van der Waals surface area contributed by atoms with Gasteiger partial charge in [-0.25, -0.2) is 0 Å². The molecule has 1 aromatic rings. The van der Waals surface area contributed by atoms with Crippen LogP contribution < -0.4 is 4.74 Å². The SMILES string of the molecule is N#CC(Cl)COc1ccc(I)cc1. The van der Waals surface area contributed by atoms with E-state index in [2.05, 4.69) is 22.6 Å². The monoisotopic (exact) mass is 307 g/mol.